The van der Waals surface area contributed by atoms with Gasteiger partial charge in [0.15, 0.2) is 5.60 Å². The van der Waals surface area contributed by atoms with Gasteiger partial charge in [-0.2, -0.15) is 0 Å². The summed E-state index contributed by atoms with van der Waals surface area (Å²) in [4.78, 5) is 34.5. The van der Waals surface area contributed by atoms with Crippen molar-refractivity contribution in [3.63, 3.8) is 0 Å². The molecular weight excluding hydrogens is 370 g/mol. The third kappa shape index (κ3) is 2.99. The number of carbonyl (C=O) groups is 1. The van der Waals surface area contributed by atoms with Gasteiger partial charge in [0.25, 0.3) is 11.5 Å². The summed E-state index contributed by atoms with van der Waals surface area (Å²) in [7, 11) is 0. The number of phenols is 1. The van der Waals surface area contributed by atoms with Gasteiger partial charge in [0.2, 0.25) is 0 Å². The molecule has 2 aliphatic rings. The highest BCUT2D eigenvalue weighted by Crippen LogP contribution is 2.43. The molecule has 0 fully saturated rings. The molecule has 0 spiro atoms. The van der Waals surface area contributed by atoms with E-state index in [0.717, 1.165) is 22.3 Å². The van der Waals surface area contributed by atoms with E-state index in [1.807, 2.05) is 27.7 Å². The van der Waals surface area contributed by atoms with E-state index in [-0.39, 0.29) is 11.5 Å². The molecule has 7 heteroatoms. The summed E-state index contributed by atoms with van der Waals surface area (Å²) in [5.41, 5.74) is 3.68. The molecule has 0 radical (unpaired) electrons. The molecule has 29 heavy (non-hydrogen) atoms. The smallest absolute Gasteiger partial charge is 0.266 e. The molecule has 1 amide bonds. The molecule has 2 N–H and O–H groups in total. The van der Waals surface area contributed by atoms with Crippen molar-refractivity contribution in [3.8, 4) is 11.5 Å². The van der Waals surface area contributed by atoms with Crippen LogP contribution >= 0.6 is 0 Å². The first kappa shape index (κ1) is 19.5. The number of H-pyrrole nitrogens is 1. The van der Waals surface area contributed by atoms with Gasteiger partial charge >= 0.3 is 0 Å². The quantitative estimate of drug-likeness (QED) is 0.770. The maximum Gasteiger partial charge on any atom is 0.266 e. The number of nitrogens with zero attached hydrogens (tertiary/aromatic N) is 2. The van der Waals surface area contributed by atoms with E-state index in [1.165, 1.54) is 0 Å². The summed E-state index contributed by atoms with van der Waals surface area (Å²) in [6.07, 6.45) is 1.69. The molecule has 3 heterocycles. The zero-order chi connectivity index (χ0) is 21.1. The van der Waals surface area contributed by atoms with Crippen LogP contribution in [0, 0.1) is 27.7 Å². The normalized spacial score (nSPS) is 20.7. The SMILES string of the molecule is Cc1nc2c(c(=O)[nH]1)CCN(C(=O)C1(C)CCc3c(C)c(O)c(C)c(C)c3O1)C2. The second-order valence-electron chi connectivity index (χ2n) is 8.42. The van der Waals surface area contributed by atoms with Gasteiger partial charge < -0.3 is 19.7 Å². The summed E-state index contributed by atoms with van der Waals surface area (Å²) in [6, 6.07) is 0. The van der Waals surface area contributed by atoms with Crippen molar-refractivity contribution in [2.24, 2.45) is 0 Å². The number of rotatable bonds is 1. The van der Waals surface area contributed by atoms with Crippen LogP contribution in [-0.2, 0) is 24.2 Å². The van der Waals surface area contributed by atoms with E-state index in [2.05, 4.69) is 9.97 Å². The average Bonchev–Trinajstić information content (AvgIpc) is 2.69. The van der Waals surface area contributed by atoms with Crippen LogP contribution in [0.1, 0.15) is 52.7 Å². The predicted octanol–water partition coefficient (Wildman–Crippen LogP) is 2.38. The summed E-state index contributed by atoms with van der Waals surface area (Å²) in [5, 5.41) is 10.4. The Bertz CT molecular complexity index is 1090. The van der Waals surface area contributed by atoms with E-state index in [1.54, 1.807) is 11.8 Å². The van der Waals surface area contributed by atoms with Crippen molar-refractivity contribution in [1.82, 2.24) is 14.9 Å². The van der Waals surface area contributed by atoms with Crippen molar-refractivity contribution in [3.05, 3.63) is 49.7 Å². The lowest BCUT2D eigenvalue weighted by Gasteiger charge is -2.40. The van der Waals surface area contributed by atoms with Gasteiger partial charge in [-0.3, -0.25) is 9.59 Å². The molecule has 4 rings (SSSR count). The Balaban J connectivity index is 1.64. The van der Waals surface area contributed by atoms with Gasteiger partial charge in [-0.15, -0.1) is 0 Å². The minimum Gasteiger partial charge on any atom is -0.507 e. The number of hydrogen-bond acceptors (Lipinski definition) is 5. The van der Waals surface area contributed by atoms with E-state index in [0.29, 0.717) is 60.9 Å². The van der Waals surface area contributed by atoms with Crippen molar-refractivity contribution in [1.29, 1.82) is 0 Å². The summed E-state index contributed by atoms with van der Waals surface area (Å²) < 4.78 is 6.33. The fraction of sp³-hybridized carbons (Fsp3) is 0.500. The zero-order valence-corrected chi connectivity index (χ0v) is 17.6. The number of aromatic nitrogens is 2. The number of aromatic amines is 1. The molecule has 1 atom stereocenters. The first-order valence-corrected chi connectivity index (χ1v) is 10.0. The molecule has 2 aromatic rings. The number of aryl methyl sites for hydroxylation is 1. The topological polar surface area (TPSA) is 95.5 Å². The molecule has 1 unspecified atom stereocenters. The largest absolute Gasteiger partial charge is 0.507 e. The molecule has 2 aliphatic heterocycles. The highest BCUT2D eigenvalue weighted by atomic mass is 16.5. The molecule has 0 saturated heterocycles. The first-order valence-electron chi connectivity index (χ1n) is 10.0. The van der Waals surface area contributed by atoms with Gasteiger partial charge in [0.1, 0.15) is 17.3 Å². The Morgan fingerprint density at radius 3 is 2.59 bits per heavy atom. The number of carbonyl (C=O) groups excluding carboxylic acids is 1. The monoisotopic (exact) mass is 397 g/mol. The zero-order valence-electron chi connectivity index (χ0n) is 17.6. The second kappa shape index (κ2) is 6.61. The van der Waals surface area contributed by atoms with Gasteiger partial charge in [-0.1, -0.05) is 0 Å². The molecule has 0 saturated carbocycles. The van der Waals surface area contributed by atoms with Crippen LogP contribution in [0.5, 0.6) is 11.5 Å². The van der Waals surface area contributed by atoms with E-state index in [4.69, 9.17) is 4.74 Å². The maximum absolute atomic E-state index is 13.5. The third-order valence-corrected chi connectivity index (χ3v) is 6.45. The van der Waals surface area contributed by atoms with E-state index < -0.39 is 5.60 Å². The van der Waals surface area contributed by atoms with E-state index >= 15 is 0 Å². The lowest BCUT2D eigenvalue weighted by Crippen LogP contribution is -2.54. The Kier molecular flexibility index (Phi) is 4.44. The van der Waals surface area contributed by atoms with Crippen LogP contribution < -0.4 is 10.3 Å². The standard InChI is InChI=1S/C22H27N3O4/c1-11-12(2)19-15(13(3)18(11)26)6-8-22(5,29-19)21(28)25-9-7-16-17(10-25)23-14(4)24-20(16)27/h26H,6-10H2,1-5H3,(H,23,24,27). The van der Waals surface area contributed by atoms with Crippen molar-refractivity contribution >= 4 is 5.91 Å². The number of amides is 1. The average molecular weight is 397 g/mol. The van der Waals surface area contributed by atoms with Crippen LogP contribution in [0.3, 0.4) is 0 Å². The summed E-state index contributed by atoms with van der Waals surface area (Å²) in [5.74, 6) is 1.48. The number of nitrogens with one attached hydrogen (secondary N) is 1. The molecule has 0 aliphatic carbocycles. The molecule has 1 aromatic carbocycles. The van der Waals surface area contributed by atoms with Gasteiger partial charge in [-0.25, -0.2) is 4.98 Å². The number of benzene rings is 1. The van der Waals surface area contributed by atoms with Crippen molar-refractivity contribution in [2.75, 3.05) is 6.54 Å². The number of ether oxygens (including phenoxy) is 1. The van der Waals surface area contributed by atoms with Crippen LogP contribution in [0.2, 0.25) is 0 Å². The van der Waals surface area contributed by atoms with Gasteiger partial charge in [0.05, 0.1) is 12.2 Å². The Labute approximate surface area is 169 Å². The van der Waals surface area contributed by atoms with Gasteiger partial charge in [-0.05, 0) is 64.2 Å². The number of fused-ring (bicyclic) bond motifs is 2. The fourth-order valence-electron chi connectivity index (χ4n) is 4.47. The minimum absolute atomic E-state index is 0.0867. The number of hydrogen-bond donors (Lipinski definition) is 2. The Morgan fingerprint density at radius 2 is 1.86 bits per heavy atom. The highest BCUT2D eigenvalue weighted by molar-refractivity contribution is 5.86. The minimum atomic E-state index is -0.985. The summed E-state index contributed by atoms with van der Waals surface area (Å²) in [6.45, 7) is 10.0. The molecule has 0 bridgehead atoms. The van der Waals surface area contributed by atoms with Crippen LogP contribution in [-0.4, -0.2) is 38.0 Å². The molecule has 154 valence electrons. The van der Waals surface area contributed by atoms with E-state index in [9.17, 15) is 14.7 Å². The predicted molar refractivity (Wildman–Crippen MR) is 108 cm³/mol. The first-order chi connectivity index (χ1) is 13.6. The lowest BCUT2D eigenvalue weighted by atomic mass is 9.86. The number of phenolic OH excluding ortho intramolecular Hbond substituents is 1. The molecular formula is C22H27N3O4. The lowest BCUT2D eigenvalue weighted by molar-refractivity contribution is -0.149. The molecule has 1 aromatic heterocycles. The highest BCUT2D eigenvalue weighted by Gasteiger charge is 2.44. The fourth-order valence-corrected chi connectivity index (χ4v) is 4.47. The number of aromatic hydroxyl groups is 1. The van der Waals surface area contributed by atoms with Crippen molar-refractivity contribution in [2.45, 2.75) is 66.0 Å². The Hall–Kier alpha value is -2.83. The molecule has 7 nitrogen and oxygen atoms in total. The van der Waals surface area contributed by atoms with Crippen LogP contribution in [0.4, 0.5) is 0 Å². The van der Waals surface area contributed by atoms with Gasteiger partial charge in [0, 0.05) is 24.1 Å². The Morgan fingerprint density at radius 1 is 1.14 bits per heavy atom. The van der Waals surface area contributed by atoms with Crippen LogP contribution in [0.15, 0.2) is 4.79 Å². The van der Waals surface area contributed by atoms with Crippen molar-refractivity contribution < 1.29 is 14.6 Å². The third-order valence-electron chi connectivity index (χ3n) is 6.45. The summed E-state index contributed by atoms with van der Waals surface area (Å²) >= 11 is 0. The van der Waals surface area contributed by atoms with Crippen LogP contribution in [0.25, 0.3) is 0 Å². The maximum atomic E-state index is 13.5. The second-order valence-corrected chi connectivity index (χ2v) is 8.42.